The molecule has 0 radical (unpaired) electrons. The molecular weight excluding hydrogens is 853 g/mol. The number of ether oxygens (including phenoxy) is 3. The molecule has 0 N–H and O–H groups in total. The van der Waals surface area contributed by atoms with E-state index in [-0.39, 0.29) is 37.5 Å². The largest absolute Gasteiger partial charge is 0.462 e. The third-order valence-corrected chi connectivity index (χ3v) is 12.7. The van der Waals surface area contributed by atoms with E-state index in [1.54, 1.807) is 0 Å². The van der Waals surface area contributed by atoms with E-state index < -0.39 is 6.10 Å². The minimum absolute atomic E-state index is 0.0962. The van der Waals surface area contributed by atoms with Crippen molar-refractivity contribution in [1.29, 1.82) is 0 Å². The Hall–Kier alpha value is -3.15. The number of carbonyl (C=O) groups is 3. The molecule has 1 unspecified atom stereocenters. The van der Waals surface area contributed by atoms with E-state index in [1.807, 2.05) is 6.08 Å². The maximum atomic E-state index is 12.9. The first-order chi connectivity index (χ1) is 34.0. The van der Waals surface area contributed by atoms with Crippen LogP contribution in [0.15, 0.2) is 72.9 Å². The zero-order valence-electron chi connectivity index (χ0n) is 45.6. The SMILES string of the molecule is CC/C=C/C/C=C/C/C=C/CCCCCCCCCCCC(=O)OCC(COC(=O)CC/C=C/C/C=C/CCCCCCCC)OC(=O)CCCCCCCCC/C=C/CCCCCCCCCC. The van der Waals surface area contributed by atoms with Gasteiger partial charge in [-0.3, -0.25) is 14.4 Å². The molecule has 0 aliphatic carbocycles. The van der Waals surface area contributed by atoms with Crippen molar-refractivity contribution in [2.75, 3.05) is 13.2 Å². The normalized spacial score (nSPS) is 12.6. The maximum Gasteiger partial charge on any atom is 0.306 e. The van der Waals surface area contributed by atoms with Gasteiger partial charge in [-0.15, -0.1) is 0 Å². The molecule has 0 fully saturated rings. The number of carbonyl (C=O) groups excluding carboxylic acids is 3. The van der Waals surface area contributed by atoms with E-state index in [0.717, 1.165) is 70.6 Å². The van der Waals surface area contributed by atoms with Gasteiger partial charge < -0.3 is 14.2 Å². The summed E-state index contributed by atoms with van der Waals surface area (Å²) in [4.78, 5) is 38.1. The van der Waals surface area contributed by atoms with Gasteiger partial charge in [-0.1, -0.05) is 248 Å². The lowest BCUT2D eigenvalue weighted by atomic mass is 10.1. The summed E-state index contributed by atoms with van der Waals surface area (Å²) >= 11 is 0. The average Bonchev–Trinajstić information content (AvgIpc) is 3.35. The molecule has 1 atom stereocenters. The van der Waals surface area contributed by atoms with Crippen LogP contribution >= 0.6 is 0 Å². The van der Waals surface area contributed by atoms with Crippen molar-refractivity contribution in [2.45, 2.75) is 297 Å². The lowest BCUT2D eigenvalue weighted by Gasteiger charge is -2.18. The zero-order valence-corrected chi connectivity index (χ0v) is 45.6. The molecule has 398 valence electrons. The third kappa shape index (κ3) is 55.6. The van der Waals surface area contributed by atoms with Crippen LogP contribution in [-0.4, -0.2) is 37.2 Å². The number of allylic oxidation sites excluding steroid dienone is 12. The highest BCUT2D eigenvalue weighted by Crippen LogP contribution is 2.15. The van der Waals surface area contributed by atoms with Crippen LogP contribution < -0.4 is 0 Å². The number of unbranched alkanes of at least 4 members (excludes halogenated alkanes) is 30. The molecule has 0 rings (SSSR count). The average molecular weight is 964 g/mol. The zero-order chi connectivity index (χ0) is 50.0. The minimum Gasteiger partial charge on any atom is -0.462 e. The molecule has 6 heteroatoms. The number of esters is 3. The molecule has 0 aromatic carbocycles. The summed E-state index contributed by atoms with van der Waals surface area (Å²) in [7, 11) is 0. The summed E-state index contributed by atoms with van der Waals surface area (Å²) < 4.78 is 16.8. The second-order valence-corrected chi connectivity index (χ2v) is 19.5. The van der Waals surface area contributed by atoms with E-state index in [9.17, 15) is 14.4 Å². The molecule has 0 saturated carbocycles. The van der Waals surface area contributed by atoms with E-state index in [1.165, 1.54) is 173 Å². The molecule has 6 nitrogen and oxygen atoms in total. The summed E-state index contributed by atoms with van der Waals surface area (Å²) in [5.74, 6) is -0.967. The Labute approximate surface area is 427 Å². The molecule has 0 spiro atoms. The van der Waals surface area contributed by atoms with Gasteiger partial charge in [0.05, 0.1) is 0 Å². The highest BCUT2D eigenvalue weighted by Gasteiger charge is 2.19. The Morgan fingerprint density at radius 3 is 0.986 bits per heavy atom. The van der Waals surface area contributed by atoms with Crippen molar-refractivity contribution in [3.8, 4) is 0 Å². The van der Waals surface area contributed by atoms with Gasteiger partial charge in [-0.25, -0.2) is 0 Å². The fraction of sp³-hybridized carbons (Fsp3) is 0.762. The topological polar surface area (TPSA) is 78.9 Å². The molecule has 0 amide bonds. The molecule has 0 heterocycles. The number of rotatable bonds is 53. The number of hydrogen-bond acceptors (Lipinski definition) is 6. The Morgan fingerprint density at radius 1 is 0.304 bits per heavy atom. The first-order valence-corrected chi connectivity index (χ1v) is 29.4. The van der Waals surface area contributed by atoms with Gasteiger partial charge in [0.25, 0.3) is 0 Å². The summed E-state index contributed by atoms with van der Waals surface area (Å²) in [6.45, 7) is 6.48. The van der Waals surface area contributed by atoms with Crippen LogP contribution in [0.3, 0.4) is 0 Å². The molecule has 0 bridgehead atoms. The molecule has 0 aromatic rings. The van der Waals surface area contributed by atoms with Crippen LogP contribution in [0.4, 0.5) is 0 Å². The smallest absolute Gasteiger partial charge is 0.306 e. The van der Waals surface area contributed by atoms with E-state index in [4.69, 9.17) is 14.2 Å². The van der Waals surface area contributed by atoms with Crippen molar-refractivity contribution < 1.29 is 28.6 Å². The van der Waals surface area contributed by atoms with E-state index in [0.29, 0.717) is 19.3 Å². The second-order valence-electron chi connectivity index (χ2n) is 19.5. The molecular formula is C63H110O6. The number of hydrogen-bond donors (Lipinski definition) is 0. The predicted octanol–water partition coefficient (Wildman–Crippen LogP) is 19.8. The van der Waals surface area contributed by atoms with Gasteiger partial charge in [0.2, 0.25) is 0 Å². The fourth-order valence-corrected chi connectivity index (χ4v) is 8.27. The maximum absolute atomic E-state index is 12.9. The van der Waals surface area contributed by atoms with Crippen LogP contribution in [0.25, 0.3) is 0 Å². The standard InChI is InChI=1S/C63H110O6/c1-4-7-10-13-16-19-22-25-27-29-31-33-35-38-41-44-47-50-53-56-62(65)68-59-60(58-67-61(64)55-52-49-46-43-40-37-24-21-18-15-12-9-6-3)69-63(66)57-54-51-48-45-42-39-36-34-32-30-28-26-23-20-17-14-11-8-5-2/h7,10,16,19,25,27,30,32,37,40,46,49,60H,4-6,8-9,11-15,17-18,20-24,26,28-29,31,33-36,38-39,41-45,47-48,50-59H2,1-3H3/b10-7+,19-16+,27-25+,32-30+,40-37+,49-46+. The third-order valence-electron chi connectivity index (χ3n) is 12.7. The summed E-state index contributed by atoms with van der Waals surface area (Å²) in [5, 5.41) is 0. The van der Waals surface area contributed by atoms with Gasteiger partial charge >= 0.3 is 17.9 Å². The van der Waals surface area contributed by atoms with E-state index in [2.05, 4.69) is 87.6 Å². The lowest BCUT2D eigenvalue weighted by molar-refractivity contribution is -0.166. The molecule has 0 aliphatic rings. The predicted molar refractivity (Wildman–Crippen MR) is 298 cm³/mol. The monoisotopic (exact) mass is 963 g/mol. The van der Waals surface area contributed by atoms with Crippen molar-refractivity contribution >= 4 is 17.9 Å². The van der Waals surface area contributed by atoms with Gasteiger partial charge in [0.15, 0.2) is 6.10 Å². The van der Waals surface area contributed by atoms with Crippen LogP contribution in [0.2, 0.25) is 0 Å². The summed E-state index contributed by atoms with van der Waals surface area (Å²) in [6, 6.07) is 0. The van der Waals surface area contributed by atoms with Crippen molar-refractivity contribution in [2.24, 2.45) is 0 Å². The molecule has 0 aliphatic heterocycles. The van der Waals surface area contributed by atoms with Crippen molar-refractivity contribution in [3.05, 3.63) is 72.9 Å². The van der Waals surface area contributed by atoms with Crippen LogP contribution in [0.1, 0.15) is 290 Å². The van der Waals surface area contributed by atoms with Crippen LogP contribution in [0.5, 0.6) is 0 Å². The van der Waals surface area contributed by atoms with E-state index >= 15 is 0 Å². The van der Waals surface area contributed by atoms with Gasteiger partial charge in [0.1, 0.15) is 13.2 Å². The lowest BCUT2D eigenvalue weighted by Crippen LogP contribution is -2.30. The van der Waals surface area contributed by atoms with Gasteiger partial charge in [0, 0.05) is 19.3 Å². The highest BCUT2D eigenvalue weighted by atomic mass is 16.6. The highest BCUT2D eigenvalue weighted by molar-refractivity contribution is 5.71. The summed E-state index contributed by atoms with van der Waals surface area (Å²) in [6.07, 6.45) is 73.4. The second kappa shape index (κ2) is 57.4. The van der Waals surface area contributed by atoms with Crippen LogP contribution in [-0.2, 0) is 28.6 Å². The van der Waals surface area contributed by atoms with Gasteiger partial charge in [-0.2, -0.15) is 0 Å². The first kappa shape index (κ1) is 65.8. The Balaban J connectivity index is 4.40. The molecule has 0 saturated heterocycles. The molecule has 69 heavy (non-hydrogen) atoms. The minimum atomic E-state index is -0.803. The Bertz CT molecular complexity index is 1290. The quantitative estimate of drug-likeness (QED) is 0.0262. The van der Waals surface area contributed by atoms with Crippen molar-refractivity contribution in [1.82, 2.24) is 0 Å². The Kier molecular flexibility index (Phi) is 54.8. The Morgan fingerprint density at radius 2 is 0.594 bits per heavy atom. The van der Waals surface area contributed by atoms with Crippen LogP contribution in [0, 0.1) is 0 Å². The van der Waals surface area contributed by atoms with Gasteiger partial charge in [-0.05, 0) is 96.3 Å². The molecule has 0 aromatic heterocycles. The summed E-state index contributed by atoms with van der Waals surface area (Å²) in [5.41, 5.74) is 0. The first-order valence-electron chi connectivity index (χ1n) is 29.4. The fourth-order valence-electron chi connectivity index (χ4n) is 8.27. The van der Waals surface area contributed by atoms with Crippen molar-refractivity contribution in [3.63, 3.8) is 0 Å².